The highest BCUT2D eigenvalue weighted by Gasteiger charge is 1.86. The largest absolute Gasteiger partial charge is 0.115 e. The lowest BCUT2D eigenvalue weighted by atomic mass is 9.96. The Kier molecular flexibility index (Phi) is 2.17. The summed E-state index contributed by atoms with van der Waals surface area (Å²) in [5, 5.41) is 0. The molecule has 0 atom stereocenters. The van der Waals surface area contributed by atoms with Crippen LogP contribution in [0, 0.1) is 12.3 Å². The monoisotopic (exact) mass is 126 g/mol. The van der Waals surface area contributed by atoms with Crippen molar-refractivity contribution in [3.8, 4) is 12.3 Å². The quantitative estimate of drug-likeness (QED) is 0.393. The van der Waals surface area contributed by atoms with Gasteiger partial charge in [-0.15, -0.1) is 6.42 Å². The highest BCUT2D eigenvalue weighted by molar-refractivity contribution is 6.08. The molecule has 0 heterocycles. The minimum Gasteiger partial charge on any atom is -0.115 e. The van der Waals surface area contributed by atoms with Crippen LogP contribution in [0.3, 0.4) is 0 Å². The van der Waals surface area contributed by atoms with Gasteiger partial charge in [0.2, 0.25) is 0 Å². The summed E-state index contributed by atoms with van der Waals surface area (Å²) in [6, 6.07) is 7.66. The van der Waals surface area contributed by atoms with E-state index >= 15 is 0 Å². The molecule has 0 amide bonds. The van der Waals surface area contributed by atoms with Crippen LogP contribution in [0.4, 0.5) is 0 Å². The molecule has 0 aliphatic heterocycles. The molecule has 0 saturated carbocycles. The van der Waals surface area contributed by atoms with Crippen LogP contribution in [0.1, 0.15) is 11.1 Å². The molecule has 0 aliphatic carbocycles. The van der Waals surface area contributed by atoms with Gasteiger partial charge in [-0.05, 0) is 12.1 Å². The van der Waals surface area contributed by atoms with E-state index in [4.69, 9.17) is 14.3 Å². The third kappa shape index (κ3) is 1.42. The summed E-state index contributed by atoms with van der Waals surface area (Å²) in [4.78, 5) is 0. The minimum absolute atomic E-state index is 0.574. The molecule has 1 heteroatoms. The SMILES string of the molecule is [B]Cc1ccc(C#C)cc1. The first-order valence-corrected chi connectivity index (χ1v) is 3.12. The van der Waals surface area contributed by atoms with Crippen molar-refractivity contribution in [1.29, 1.82) is 0 Å². The van der Waals surface area contributed by atoms with Crippen molar-refractivity contribution in [2.24, 2.45) is 0 Å². The van der Waals surface area contributed by atoms with E-state index in [1.54, 1.807) is 0 Å². The lowest BCUT2D eigenvalue weighted by Gasteiger charge is -1.94. The number of terminal acetylenes is 1. The summed E-state index contributed by atoms with van der Waals surface area (Å²) in [6.45, 7) is 0. The van der Waals surface area contributed by atoms with Gasteiger partial charge < -0.3 is 0 Å². The van der Waals surface area contributed by atoms with Gasteiger partial charge in [0.05, 0.1) is 7.85 Å². The summed E-state index contributed by atoms with van der Waals surface area (Å²) >= 11 is 0. The molecule has 1 aromatic rings. The molecule has 0 nitrogen and oxygen atoms in total. The lowest BCUT2D eigenvalue weighted by molar-refractivity contribution is 1.39. The Morgan fingerprint density at radius 1 is 1.30 bits per heavy atom. The predicted molar refractivity (Wildman–Crippen MR) is 43.8 cm³/mol. The third-order valence-electron chi connectivity index (χ3n) is 1.36. The molecule has 0 aromatic heterocycles. The first-order chi connectivity index (χ1) is 4.86. The fourth-order valence-corrected chi connectivity index (χ4v) is 0.737. The third-order valence-corrected chi connectivity index (χ3v) is 1.36. The molecule has 2 radical (unpaired) electrons. The Bertz CT molecular complexity index is 240. The molecule has 0 unspecified atom stereocenters. The standard InChI is InChI=1S/C9H7B/c1-2-8-3-5-9(7-10)6-4-8/h1,3-6H,7H2. The maximum atomic E-state index is 5.39. The summed E-state index contributed by atoms with van der Waals surface area (Å²) in [7, 11) is 5.39. The van der Waals surface area contributed by atoms with E-state index in [0.29, 0.717) is 6.32 Å². The Morgan fingerprint density at radius 2 is 1.90 bits per heavy atom. The van der Waals surface area contributed by atoms with Crippen LogP contribution in [0.15, 0.2) is 24.3 Å². The first-order valence-electron chi connectivity index (χ1n) is 3.12. The van der Waals surface area contributed by atoms with E-state index in [0.717, 1.165) is 11.1 Å². The van der Waals surface area contributed by atoms with Crippen molar-refractivity contribution in [3.63, 3.8) is 0 Å². The first kappa shape index (κ1) is 6.96. The zero-order valence-corrected chi connectivity index (χ0v) is 5.67. The minimum atomic E-state index is 0.574. The molecule has 1 rings (SSSR count). The van der Waals surface area contributed by atoms with Crippen molar-refractivity contribution >= 4 is 7.85 Å². The summed E-state index contributed by atoms with van der Waals surface area (Å²) < 4.78 is 0. The average molecular weight is 126 g/mol. The zero-order valence-electron chi connectivity index (χ0n) is 5.67. The number of hydrogen-bond acceptors (Lipinski definition) is 0. The fourth-order valence-electron chi connectivity index (χ4n) is 0.737. The van der Waals surface area contributed by atoms with Crippen molar-refractivity contribution in [2.75, 3.05) is 0 Å². The lowest BCUT2D eigenvalue weighted by Crippen LogP contribution is -1.82. The van der Waals surface area contributed by atoms with Crippen LogP contribution < -0.4 is 0 Å². The van der Waals surface area contributed by atoms with E-state index in [9.17, 15) is 0 Å². The van der Waals surface area contributed by atoms with Crippen molar-refractivity contribution in [1.82, 2.24) is 0 Å². The number of hydrogen-bond donors (Lipinski definition) is 0. The molecule has 10 heavy (non-hydrogen) atoms. The molecule has 1 aromatic carbocycles. The van der Waals surface area contributed by atoms with Crippen molar-refractivity contribution in [2.45, 2.75) is 6.32 Å². The van der Waals surface area contributed by atoms with Gasteiger partial charge in [-0.25, -0.2) is 0 Å². The zero-order chi connectivity index (χ0) is 7.40. The van der Waals surface area contributed by atoms with Gasteiger partial charge in [0.25, 0.3) is 0 Å². The molecule has 0 saturated heterocycles. The van der Waals surface area contributed by atoms with Gasteiger partial charge in [0.15, 0.2) is 0 Å². The molecule has 0 bridgehead atoms. The van der Waals surface area contributed by atoms with Crippen LogP contribution in [-0.2, 0) is 6.32 Å². The second-order valence-corrected chi connectivity index (χ2v) is 2.05. The molecule has 0 N–H and O–H groups in total. The van der Waals surface area contributed by atoms with Crippen molar-refractivity contribution in [3.05, 3.63) is 35.4 Å². The van der Waals surface area contributed by atoms with Gasteiger partial charge in [-0.3, -0.25) is 0 Å². The molecular formula is C9H7B. The Morgan fingerprint density at radius 3 is 2.30 bits per heavy atom. The fraction of sp³-hybridized carbons (Fsp3) is 0.111. The van der Waals surface area contributed by atoms with Gasteiger partial charge in [-0.1, -0.05) is 29.9 Å². The average Bonchev–Trinajstić information content (AvgIpc) is 2.05. The van der Waals surface area contributed by atoms with Crippen LogP contribution in [0.2, 0.25) is 0 Å². The highest BCUT2D eigenvalue weighted by atomic mass is 13.9. The summed E-state index contributed by atoms with van der Waals surface area (Å²) in [5.41, 5.74) is 2.01. The van der Waals surface area contributed by atoms with Crippen LogP contribution in [0.5, 0.6) is 0 Å². The van der Waals surface area contributed by atoms with E-state index in [1.807, 2.05) is 24.3 Å². The molecule has 0 spiro atoms. The Balaban J connectivity index is 2.93. The van der Waals surface area contributed by atoms with E-state index in [-0.39, 0.29) is 0 Å². The van der Waals surface area contributed by atoms with Crippen LogP contribution >= 0.6 is 0 Å². The van der Waals surface area contributed by atoms with Crippen molar-refractivity contribution < 1.29 is 0 Å². The van der Waals surface area contributed by atoms with Crippen LogP contribution in [-0.4, -0.2) is 7.85 Å². The molecule has 46 valence electrons. The summed E-state index contributed by atoms with van der Waals surface area (Å²) in [6.07, 6.45) is 5.73. The van der Waals surface area contributed by atoms with Gasteiger partial charge in [0.1, 0.15) is 0 Å². The molecule has 0 fully saturated rings. The number of benzene rings is 1. The normalized spacial score (nSPS) is 8.70. The van der Waals surface area contributed by atoms with Gasteiger partial charge >= 0.3 is 0 Å². The number of rotatable bonds is 1. The molecular weight excluding hydrogens is 119 g/mol. The molecule has 0 aliphatic rings. The Labute approximate surface area is 62.7 Å². The maximum Gasteiger partial charge on any atom is 0.0716 e. The maximum absolute atomic E-state index is 5.39. The van der Waals surface area contributed by atoms with Gasteiger partial charge in [0, 0.05) is 5.56 Å². The van der Waals surface area contributed by atoms with Gasteiger partial charge in [-0.2, -0.15) is 0 Å². The second-order valence-electron chi connectivity index (χ2n) is 2.05. The second kappa shape index (κ2) is 3.13. The van der Waals surface area contributed by atoms with E-state index < -0.39 is 0 Å². The van der Waals surface area contributed by atoms with E-state index in [2.05, 4.69) is 5.92 Å². The summed E-state index contributed by atoms with van der Waals surface area (Å²) in [5.74, 6) is 2.54. The van der Waals surface area contributed by atoms with Crippen LogP contribution in [0.25, 0.3) is 0 Å². The highest BCUT2D eigenvalue weighted by Crippen LogP contribution is 2.01. The van der Waals surface area contributed by atoms with E-state index in [1.165, 1.54) is 0 Å². The Hall–Kier alpha value is -1.16. The predicted octanol–water partition coefficient (Wildman–Crippen LogP) is 1.34. The topological polar surface area (TPSA) is 0 Å². The smallest absolute Gasteiger partial charge is 0.0716 e.